The zero-order valence-corrected chi connectivity index (χ0v) is 13.4. The summed E-state index contributed by atoms with van der Waals surface area (Å²) in [6.45, 7) is 4.61. The number of nitrogens with zero attached hydrogens (tertiary/aromatic N) is 2. The topological polar surface area (TPSA) is 66.6 Å². The zero-order valence-electron chi connectivity index (χ0n) is 13.4. The Morgan fingerprint density at radius 1 is 1.43 bits per heavy atom. The summed E-state index contributed by atoms with van der Waals surface area (Å²) in [7, 11) is 0. The SMILES string of the molecule is CC(C)CCc1nc2c(o1)CCN(C(=O)C(C)(O)C(F)(F)F)C2. The van der Waals surface area contributed by atoms with Crippen LogP contribution in [0.4, 0.5) is 13.2 Å². The molecule has 0 aromatic carbocycles. The van der Waals surface area contributed by atoms with Crippen LogP contribution in [0, 0.1) is 5.92 Å². The standard InChI is InChI=1S/C15H21F3N2O3/c1-9(2)4-5-12-19-10-8-20(7-6-11(10)23-12)13(21)14(3,22)15(16,17)18/h9,22H,4-8H2,1-3H3. The summed E-state index contributed by atoms with van der Waals surface area (Å²) >= 11 is 0. The summed E-state index contributed by atoms with van der Waals surface area (Å²) in [5.74, 6) is 0.279. The van der Waals surface area contributed by atoms with Crippen LogP contribution >= 0.6 is 0 Å². The average Bonchev–Trinajstić information content (AvgIpc) is 2.84. The number of aromatic nitrogens is 1. The molecule has 1 aromatic heterocycles. The number of carbonyl (C=O) groups excluding carboxylic acids is 1. The van der Waals surface area contributed by atoms with Crippen molar-refractivity contribution in [1.29, 1.82) is 0 Å². The van der Waals surface area contributed by atoms with Crippen molar-refractivity contribution in [2.45, 2.75) is 58.4 Å². The highest BCUT2D eigenvalue weighted by Crippen LogP contribution is 2.33. The van der Waals surface area contributed by atoms with Crippen molar-refractivity contribution in [3.8, 4) is 0 Å². The van der Waals surface area contributed by atoms with Gasteiger partial charge < -0.3 is 14.4 Å². The molecule has 130 valence electrons. The van der Waals surface area contributed by atoms with Crippen molar-refractivity contribution < 1.29 is 27.5 Å². The van der Waals surface area contributed by atoms with E-state index in [0.29, 0.717) is 43.0 Å². The Balaban J connectivity index is 2.10. The predicted octanol–water partition coefficient (Wildman–Crippen LogP) is 2.46. The molecule has 1 atom stereocenters. The van der Waals surface area contributed by atoms with Gasteiger partial charge in [-0.2, -0.15) is 13.2 Å². The normalized spacial score (nSPS) is 18.0. The van der Waals surface area contributed by atoms with E-state index in [-0.39, 0.29) is 13.1 Å². The van der Waals surface area contributed by atoms with Crippen molar-refractivity contribution in [3.05, 3.63) is 17.3 Å². The molecule has 1 aliphatic heterocycles. The summed E-state index contributed by atoms with van der Waals surface area (Å²) < 4.78 is 44.0. The fraction of sp³-hybridized carbons (Fsp3) is 0.733. The molecular formula is C15H21F3N2O3. The van der Waals surface area contributed by atoms with Crippen LogP contribution < -0.4 is 0 Å². The number of fused-ring (bicyclic) bond motifs is 1. The lowest BCUT2D eigenvalue weighted by Gasteiger charge is -2.33. The van der Waals surface area contributed by atoms with Crippen molar-refractivity contribution in [1.82, 2.24) is 9.88 Å². The predicted molar refractivity (Wildman–Crippen MR) is 75.5 cm³/mol. The molecule has 1 unspecified atom stereocenters. The molecule has 1 aromatic rings. The highest BCUT2D eigenvalue weighted by Gasteiger charge is 2.57. The maximum atomic E-state index is 12.8. The number of alkyl halides is 3. The van der Waals surface area contributed by atoms with Crippen LogP contribution in [-0.4, -0.2) is 39.2 Å². The number of hydrogen-bond acceptors (Lipinski definition) is 4. The van der Waals surface area contributed by atoms with Crippen LogP contribution in [0.5, 0.6) is 0 Å². The van der Waals surface area contributed by atoms with E-state index >= 15 is 0 Å². The molecule has 2 heterocycles. The number of carbonyl (C=O) groups is 1. The molecule has 0 bridgehead atoms. The minimum atomic E-state index is -5.02. The van der Waals surface area contributed by atoms with Crippen molar-refractivity contribution in [3.63, 3.8) is 0 Å². The first-order chi connectivity index (χ1) is 10.5. The highest BCUT2D eigenvalue weighted by molar-refractivity contribution is 5.85. The van der Waals surface area contributed by atoms with Gasteiger partial charge in [-0.25, -0.2) is 4.98 Å². The Morgan fingerprint density at radius 3 is 2.65 bits per heavy atom. The molecule has 0 saturated carbocycles. The number of oxazole rings is 1. The van der Waals surface area contributed by atoms with Gasteiger partial charge >= 0.3 is 6.18 Å². The van der Waals surface area contributed by atoms with E-state index in [1.165, 1.54) is 0 Å². The molecule has 5 nitrogen and oxygen atoms in total. The van der Waals surface area contributed by atoms with Crippen molar-refractivity contribution >= 4 is 5.91 Å². The number of amides is 1. The summed E-state index contributed by atoms with van der Waals surface area (Å²) in [5, 5.41) is 9.51. The molecule has 8 heteroatoms. The number of hydrogen-bond donors (Lipinski definition) is 1. The van der Waals surface area contributed by atoms with Gasteiger partial charge in [-0.05, 0) is 19.3 Å². The quantitative estimate of drug-likeness (QED) is 0.918. The highest BCUT2D eigenvalue weighted by atomic mass is 19.4. The van der Waals surface area contributed by atoms with Gasteiger partial charge in [-0.1, -0.05) is 13.8 Å². The third-order valence-corrected chi connectivity index (χ3v) is 3.96. The van der Waals surface area contributed by atoms with E-state index in [1.807, 2.05) is 0 Å². The van der Waals surface area contributed by atoms with Crippen molar-refractivity contribution in [2.75, 3.05) is 6.54 Å². The van der Waals surface area contributed by atoms with E-state index in [4.69, 9.17) is 4.42 Å². The Bertz CT molecular complexity index is 579. The third kappa shape index (κ3) is 3.68. The first kappa shape index (κ1) is 17.8. The Kier molecular flexibility index (Phi) is 4.75. The molecule has 0 fully saturated rings. The monoisotopic (exact) mass is 334 g/mol. The zero-order chi connectivity index (χ0) is 17.4. The summed E-state index contributed by atoms with van der Waals surface area (Å²) in [5.41, 5.74) is -2.92. The molecule has 0 saturated heterocycles. The fourth-order valence-corrected chi connectivity index (χ4v) is 2.37. The summed E-state index contributed by atoms with van der Waals surface area (Å²) in [6.07, 6.45) is -3.18. The number of rotatable bonds is 4. The van der Waals surface area contributed by atoms with E-state index in [2.05, 4.69) is 18.8 Å². The lowest BCUT2D eigenvalue weighted by atomic mass is 10.0. The first-order valence-electron chi connectivity index (χ1n) is 7.58. The second kappa shape index (κ2) is 6.14. The fourth-order valence-electron chi connectivity index (χ4n) is 2.37. The number of aryl methyl sites for hydroxylation is 1. The molecule has 1 aliphatic rings. The molecule has 0 spiro atoms. The smallest absolute Gasteiger partial charge is 0.426 e. The molecule has 2 rings (SSSR count). The van der Waals surface area contributed by atoms with Crippen LogP contribution in [0.1, 0.15) is 44.5 Å². The maximum Gasteiger partial charge on any atom is 0.426 e. The lowest BCUT2D eigenvalue weighted by Crippen LogP contribution is -2.56. The summed E-state index contributed by atoms with van der Waals surface area (Å²) in [6, 6.07) is 0. The average molecular weight is 334 g/mol. The molecule has 1 N–H and O–H groups in total. The number of aliphatic hydroxyl groups is 1. The van der Waals surface area contributed by atoms with E-state index in [9.17, 15) is 23.1 Å². The molecule has 0 aliphatic carbocycles. The second-order valence-electron chi connectivity index (χ2n) is 6.46. The van der Waals surface area contributed by atoms with Crippen LogP contribution in [0.25, 0.3) is 0 Å². The molecule has 1 amide bonds. The number of halogens is 3. The minimum absolute atomic E-state index is 0.0663. The third-order valence-electron chi connectivity index (χ3n) is 3.96. The minimum Gasteiger partial charge on any atom is -0.445 e. The van der Waals surface area contributed by atoms with Gasteiger partial charge in [0.1, 0.15) is 11.5 Å². The first-order valence-corrected chi connectivity index (χ1v) is 7.58. The summed E-state index contributed by atoms with van der Waals surface area (Å²) in [4.78, 5) is 17.2. The van der Waals surface area contributed by atoms with Crippen LogP contribution in [0.15, 0.2) is 4.42 Å². The van der Waals surface area contributed by atoms with E-state index < -0.39 is 17.7 Å². The largest absolute Gasteiger partial charge is 0.445 e. The van der Waals surface area contributed by atoms with Crippen LogP contribution in [0.3, 0.4) is 0 Å². The van der Waals surface area contributed by atoms with Gasteiger partial charge in [0.15, 0.2) is 5.89 Å². The Hall–Kier alpha value is -1.57. The second-order valence-corrected chi connectivity index (χ2v) is 6.46. The maximum absolute atomic E-state index is 12.8. The Morgan fingerprint density at radius 2 is 2.09 bits per heavy atom. The van der Waals surface area contributed by atoms with Crippen LogP contribution in [0.2, 0.25) is 0 Å². The van der Waals surface area contributed by atoms with Gasteiger partial charge in [0.2, 0.25) is 5.60 Å². The molecular weight excluding hydrogens is 313 g/mol. The van der Waals surface area contributed by atoms with Gasteiger partial charge in [0.25, 0.3) is 5.91 Å². The molecule has 0 radical (unpaired) electrons. The van der Waals surface area contributed by atoms with Crippen LogP contribution in [-0.2, 0) is 24.2 Å². The van der Waals surface area contributed by atoms with Gasteiger partial charge in [0, 0.05) is 19.4 Å². The molecule has 23 heavy (non-hydrogen) atoms. The van der Waals surface area contributed by atoms with E-state index in [1.54, 1.807) is 0 Å². The van der Waals surface area contributed by atoms with Crippen molar-refractivity contribution in [2.24, 2.45) is 5.92 Å². The Labute approximate surface area is 132 Å². The lowest BCUT2D eigenvalue weighted by molar-refractivity contribution is -0.250. The van der Waals surface area contributed by atoms with Gasteiger partial charge in [-0.15, -0.1) is 0 Å². The van der Waals surface area contributed by atoms with E-state index in [0.717, 1.165) is 11.3 Å². The van der Waals surface area contributed by atoms with Gasteiger partial charge in [0.05, 0.1) is 6.54 Å². The van der Waals surface area contributed by atoms with Gasteiger partial charge in [-0.3, -0.25) is 4.79 Å².